The van der Waals surface area contributed by atoms with Crippen molar-refractivity contribution in [1.82, 2.24) is 15.5 Å². The van der Waals surface area contributed by atoms with E-state index in [-0.39, 0.29) is 24.0 Å². The summed E-state index contributed by atoms with van der Waals surface area (Å²) in [5, 5.41) is 6.65. The third kappa shape index (κ3) is 10.6. The number of ether oxygens (including phenoxy) is 3. The second kappa shape index (κ2) is 15.8. The second-order valence-corrected chi connectivity index (χ2v) is 5.96. The molecule has 0 bridgehead atoms. The Bertz CT molecular complexity index is 544. The average Bonchev–Trinajstić information content (AvgIpc) is 2.66. The Kier molecular flexibility index (Phi) is 15.0. The number of nitrogens with one attached hydrogen (secondary N) is 2. The maximum Gasteiger partial charge on any atom is 0.191 e. The fourth-order valence-corrected chi connectivity index (χ4v) is 2.45. The molecule has 1 aromatic rings. The molecule has 7 nitrogen and oxygen atoms in total. The Morgan fingerprint density at radius 3 is 2.44 bits per heavy atom. The van der Waals surface area contributed by atoms with Crippen molar-refractivity contribution in [3.8, 4) is 11.5 Å². The molecule has 0 spiro atoms. The van der Waals surface area contributed by atoms with Gasteiger partial charge in [0.2, 0.25) is 0 Å². The summed E-state index contributed by atoms with van der Waals surface area (Å²) in [5.74, 6) is 2.25. The number of rotatable bonds is 12. The van der Waals surface area contributed by atoms with E-state index in [0.717, 1.165) is 62.2 Å². The molecule has 156 valence electrons. The van der Waals surface area contributed by atoms with Gasteiger partial charge in [-0.15, -0.1) is 24.0 Å². The molecule has 8 heteroatoms. The minimum atomic E-state index is 0. The Labute approximate surface area is 180 Å². The lowest BCUT2D eigenvalue weighted by atomic mass is 10.2. The van der Waals surface area contributed by atoms with Crippen LogP contribution in [0.3, 0.4) is 0 Å². The highest BCUT2D eigenvalue weighted by Crippen LogP contribution is 2.27. The van der Waals surface area contributed by atoms with Gasteiger partial charge in [0.15, 0.2) is 17.5 Å². The van der Waals surface area contributed by atoms with Crippen molar-refractivity contribution in [2.45, 2.75) is 19.9 Å². The molecule has 0 atom stereocenters. The van der Waals surface area contributed by atoms with Gasteiger partial charge < -0.3 is 29.7 Å². The number of nitrogens with zero attached hydrogens (tertiary/aromatic N) is 2. The smallest absolute Gasteiger partial charge is 0.191 e. The number of likely N-dealkylation sites (N-methyl/N-ethyl adjacent to an activating group) is 1. The monoisotopic (exact) mass is 494 g/mol. The molecule has 0 aliphatic rings. The van der Waals surface area contributed by atoms with Gasteiger partial charge >= 0.3 is 0 Å². The second-order valence-electron chi connectivity index (χ2n) is 5.96. The zero-order valence-corrected chi connectivity index (χ0v) is 19.5. The number of aliphatic imine (C=N–C) groups is 1. The number of halogens is 1. The van der Waals surface area contributed by atoms with E-state index in [1.807, 2.05) is 18.2 Å². The predicted molar refractivity (Wildman–Crippen MR) is 122 cm³/mol. The van der Waals surface area contributed by atoms with Crippen LogP contribution in [0.5, 0.6) is 11.5 Å². The molecule has 0 fully saturated rings. The maximum absolute atomic E-state index is 5.34. The molecular formula is C19H35IN4O3. The van der Waals surface area contributed by atoms with Crippen molar-refractivity contribution in [3.63, 3.8) is 0 Å². The first-order valence-electron chi connectivity index (χ1n) is 9.05. The van der Waals surface area contributed by atoms with Crippen LogP contribution in [-0.2, 0) is 11.3 Å². The fourth-order valence-electron chi connectivity index (χ4n) is 2.45. The van der Waals surface area contributed by atoms with Gasteiger partial charge in [0, 0.05) is 39.9 Å². The Balaban J connectivity index is 0.00000676. The van der Waals surface area contributed by atoms with Gasteiger partial charge in [0.1, 0.15) is 0 Å². The molecule has 0 heterocycles. The molecule has 0 amide bonds. The highest BCUT2D eigenvalue weighted by atomic mass is 127. The fraction of sp³-hybridized carbons (Fsp3) is 0.632. The summed E-state index contributed by atoms with van der Waals surface area (Å²) in [6, 6.07) is 5.85. The van der Waals surface area contributed by atoms with E-state index in [1.165, 1.54) is 0 Å². The Morgan fingerprint density at radius 2 is 1.81 bits per heavy atom. The highest BCUT2D eigenvalue weighted by Gasteiger charge is 2.05. The third-order valence-electron chi connectivity index (χ3n) is 3.89. The molecule has 0 radical (unpaired) electrons. The number of guanidine groups is 1. The zero-order valence-electron chi connectivity index (χ0n) is 17.2. The number of hydrogen-bond donors (Lipinski definition) is 2. The van der Waals surface area contributed by atoms with Crippen LogP contribution in [0.25, 0.3) is 0 Å². The quantitative estimate of drug-likeness (QED) is 0.201. The molecule has 0 aromatic heterocycles. The van der Waals surface area contributed by atoms with Gasteiger partial charge in [0.05, 0.1) is 20.8 Å². The van der Waals surface area contributed by atoms with Gasteiger partial charge in [-0.2, -0.15) is 0 Å². The van der Waals surface area contributed by atoms with Gasteiger partial charge in [-0.3, -0.25) is 0 Å². The molecule has 1 aromatic carbocycles. The molecule has 0 saturated carbocycles. The largest absolute Gasteiger partial charge is 0.493 e. The first-order valence-corrected chi connectivity index (χ1v) is 9.05. The van der Waals surface area contributed by atoms with Crippen molar-refractivity contribution in [2.75, 3.05) is 61.2 Å². The summed E-state index contributed by atoms with van der Waals surface area (Å²) in [4.78, 5) is 6.93. The Hall–Kier alpha value is -1.26. The van der Waals surface area contributed by atoms with Crippen LogP contribution in [0, 0.1) is 0 Å². The molecule has 0 unspecified atom stereocenters. The molecular weight excluding hydrogens is 459 g/mol. The van der Waals surface area contributed by atoms with Crippen LogP contribution in [0.4, 0.5) is 0 Å². The number of benzene rings is 1. The molecule has 27 heavy (non-hydrogen) atoms. The van der Waals surface area contributed by atoms with Gasteiger partial charge in [-0.05, 0) is 38.1 Å². The van der Waals surface area contributed by atoms with Crippen LogP contribution in [0.15, 0.2) is 23.2 Å². The average molecular weight is 494 g/mol. The van der Waals surface area contributed by atoms with E-state index in [1.54, 1.807) is 21.3 Å². The van der Waals surface area contributed by atoms with E-state index < -0.39 is 0 Å². The van der Waals surface area contributed by atoms with Crippen molar-refractivity contribution in [2.24, 2.45) is 4.99 Å². The lowest BCUT2D eigenvalue weighted by Gasteiger charge is -2.18. The molecule has 2 N–H and O–H groups in total. The van der Waals surface area contributed by atoms with Crippen molar-refractivity contribution < 1.29 is 14.2 Å². The minimum Gasteiger partial charge on any atom is -0.493 e. The van der Waals surface area contributed by atoms with Gasteiger partial charge in [-0.25, -0.2) is 4.99 Å². The highest BCUT2D eigenvalue weighted by molar-refractivity contribution is 14.0. The SMILES string of the molecule is CCNC(=NCc1ccc(OC)c(OC)c1)NCCN(C)CCCOC.I. The Morgan fingerprint density at radius 1 is 1.07 bits per heavy atom. The maximum atomic E-state index is 5.34. The van der Waals surface area contributed by atoms with E-state index in [4.69, 9.17) is 14.2 Å². The molecule has 0 saturated heterocycles. The van der Waals surface area contributed by atoms with E-state index >= 15 is 0 Å². The van der Waals surface area contributed by atoms with Crippen LogP contribution in [0.1, 0.15) is 18.9 Å². The van der Waals surface area contributed by atoms with Crippen molar-refractivity contribution in [3.05, 3.63) is 23.8 Å². The summed E-state index contributed by atoms with van der Waals surface area (Å²) in [6.45, 7) is 7.05. The lowest BCUT2D eigenvalue weighted by Crippen LogP contribution is -2.41. The van der Waals surface area contributed by atoms with Crippen LogP contribution in [0.2, 0.25) is 0 Å². The predicted octanol–water partition coefficient (Wildman–Crippen LogP) is 2.35. The number of hydrogen-bond acceptors (Lipinski definition) is 5. The zero-order chi connectivity index (χ0) is 19.2. The summed E-state index contributed by atoms with van der Waals surface area (Å²) < 4.78 is 15.7. The van der Waals surface area contributed by atoms with Crippen LogP contribution >= 0.6 is 24.0 Å². The summed E-state index contributed by atoms with van der Waals surface area (Å²) in [6.07, 6.45) is 1.04. The van der Waals surface area contributed by atoms with E-state index in [2.05, 4.69) is 34.5 Å². The summed E-state index contributed by atoms with van der Waals surface area (Å²) in [7, 11) is 7.12. The standard InChI is InChI=1S/C19H34N4O3.HI/c1-6-20-19(21-10-12-23(2)11-7-13-24-3)22-15-16-8-9-17(25-4)18(14-16)26-5;/h8-9,14H,6-7,10-13,15H2,1-5H3,(H2,20,21,22);1H. The lowest BCUT2D eigenvalue weighted by molar-refractivity contribution is 0.180. The van der Waals surface area contributed by atoms with Gasteiger partial charge in [0.25, 0.3) is 0 Å². The molecule has 0 aliphatic carbocycles. The van der Waals surface area contributed by atoms with Crippen molar-refractivity contribution >= 4 is 29.9 Å². The third-order valence-corrected chi connectivity index (χ3v) is 3.89. The van der Waals surface area contributed by atoms with E-state index in [9.17, 15) is 0 Å². The minimum absolute atomic E-state index is 0. The summed E-state index contributed by atoms with van der Waals surface area (Å²) >= 11 is 0. The topological polar surface area (TPSA) is 67.4 Å². The number of methoxy groups -OCH3 is 3. The van der Waals surface area contributed by atoms with E-state index in [0.29, 0.717) is 6.54 Å². The van der Waals surface area contributed by atoms with Crippen molar-refractivity contribution in [1.29, 1.82) is 0 Å². The molecule has 0 aliphatic heterocycles. The normalized spacial score (nSPS) is 11.1. The first kappa shape index (κ1) is 25.7. The van der Waals surface area contributed by atoms with Crippen LogP contribution in [-0.4, -0.2) is 72.0 Å². The van der Waals surface area contributed by atoms with Crippen LogP contribution < -0.4 is 20.1 Å². The van der Waals surface area contributed by atoms with Gasteiger partial charge in [-0.1, -0.05) is 6.07 Å². The first-order chi connectivity index (χ1) is 12.6. The molecule has 1 rings (SSSR count). The summed E-state index contributed by atoms with van der Waals surface area (Å²) in [5.41, 5.74) is 1.07.